The molecule has 12 heteroatoms. The smallest absolute Gasteiger partial charge is 0.326 e. The third-order valence-corrected chi connectivity index (χ3v) is 6.54. The van der Waals surface area contributed by atoms with Crippen molar-refractivity contribution < 1.29 is 24.3 Å². The molecule has 4 atom stereocenters. The highest BCUT2D eigenvalue weighted by atomic mass is 16.4. The zero-order chi connectivity index (χ0) is 28.7. The summed E-state index contributed by atoms with van der Waals surface area (Å²) < 4.78 is 0. The number of fused-ring (bicyclic) bond motifs is 1. The Morgan fingerprint density at radius 3 is 2.18 bits per heavy atom. The van der Waals surface area contributed by atoms with Crippen LogP contribution in [0.5, 0.6) is 0 Å². The van der Waals surface area contributed by atoms with E-state index in [0.29, 0.717) is 5.69 Å². The second-order valence-corrected chi connectivity index (χ2v) is 10.3. The number of para-hydroxylation sites is 1. The van der Waals surface area contributed by atoms with E-state index in [4.69, 9.17) is 5.73 Å². The van der Waals surface area contributed by atoms with E-state index in [9.17, 15) is 24.3 Å². The predicted molar refractivity (Wildman–Crippen MR) is 145 cm³/mol. The van der Waals surface area contributed by atoms with Gasteiger partial charge in [0, 0.05) is 35.4 Å². The van der Waals surface area contributed by atoms with Gasteiger partial charge < -0.3 is 36.8 Å². The summed E-state index contributed by atoms with van der Waals surface area (Å²) >= 11 is 0. The molecule has 0 aliphatic carbocycles. The van der Waals surface area contributed by atoms with Gasteiger partial charge >= 0.3 is 5.97 Å². The normalized spacial score (nSPS) is 14.5. The van der Waals surface area contributed by atoms with Crippen LogP contribution in [0.1, 0.15) is 39.0 Å². The fourth-order valence-corrected chi connectivity index (χ4v) is 4.28. The number of amides is 3. The van der Waals surface area contributed by atoms with Crippen LogP contribution in [0.4, 0.5) is 0 Å². The molecule has 1 aromatic carbocycles. The summed E-state index contributed by atoms with van der Waals surface area (Å²) in [6.07, 6.45) is 5.06. The summed E-state index contributed by atoms with van der Waals surface area (Å²) in [6, 6.07) is 3.53. The summed E-state index contributed by atoms with van der Waals surface area (Å²) in [5, 5.41) is 18.4. The Kier molecular flexibility index (Phi) is 9.83. The van der Waals surface area contributed by atoms with Crippen molar-refractivity contribution in [2.75, 3.05) is 0 Å². The number of nitrogens with one attached hydrogen (secondary N) is 5. The zero-order valence-corrected chi connectivity index (χ0v) is 22.5. The van der Waals surface area contributed by atoms with Crippen molar-refractivity contribution in [1.82, 2.24) is 30.9 Å². The number of rotatable bonds is 13. The van der Waals surface area contributed by atoms with Crippen molar-refractivity contribution in [2.45, 2.75) is 64.7 Å². The maximum atomic E-state index is 13.3. The molecule has 2 aromatic heterocycles. The lowest BCUT2D eigenvalue weighted by molar-refractivity contribution is -0.143. The number of aliphatic carboxylic acids is 1. The van der Waals surface area contributed by atoms with Gasteiger partial charge in [0.15, 0.2) is 0 Å². The fourth-order valence-electron chi connectivity index (χ4n) is 4.28. The number of carbonyl (C=O) groups excluding carboxylic acids is 3. The van der Waals surface area contributed by atoms with E-state index in [1.54, 1.807) is 27.7 Å². The number of nitrogens with zero attached hydrogens (tertiary/aromatic N) is 1. The van der Waals surface area contributed by atoms with E-state index in [0.717, 1.165) is 16.5 Å². The minimum absolute atomic E-state index is 0.0425. The van der Waals surface area contributed by atoms with Crippen molar-refractivity contribution >= 4 is 34.6 Å². The molecule has 0 bridgehead atoms. The van der Waals surface area contributed by atoms with Gasteiger partial charge in [-0.1, -0.05) is 45.9 Å². The number of carboxylic acids is 1. The van der Waals surface area contributed by atoms with Crippen LogP contribution in [0.15, 0.2) is 43.0 Å². The lowest BCUT2D eigenvalue weighted by Gasteiger charge is -2.27. The van der Waals surface area contributed by atoms with Crippen molar-refractivity contribution in [3.05, 3.63) is 54.2 Å². The fraction of sp³-hybridized carbons (Fsp3) is 0.444. The van der Waals surface area contributed by atoms with Gasteiger partial charge in [-0.15, -0.1) is 0 Å². The summed E-state index contributed by atoms with van der Waals surface area (Å²) in [5.41, 5.74) is 8.59. The minimum Gasteiger partial charge on any atom is -0.480 e. The van der Waals surface area contributed by atoms with Crippen molar-refractivity contribution in [1.29, 1.82) is 0 Å². The molecule has 3 aromatic rings. The molecule has 39 heavy (non-hydrogen) atoms. The van der Waals surface area contributed by atoms with Crippen LogP contribution in [0.2, 0.25) is 0 Å². The number of carbonyl (C=O) groups is 4. The number of aromatic amines is 2. The van der Waals surface area contributed by atoms with E-state index in [1.807, 2.05) is 30.5 Å². The van der Waals surface area contributed by atoms with Gasteiger partial charge in [-0.25, -0.2) is 9.78 Å². The standard InChI is InChI=1S/C27H37N7O5/c1-14(2)22(33-24(35)19(28)9-16-11-30-20-8-6-5-7-18(16)20)26(37)32-21(10-17-12-29-13-31-17)25(36)34-23(15(3)4)27(38)39/h5-8,11-15,19,21-23,30H,9-10,28H2,1-4H3,(H,29,31)(H,32,37)(H,33,35)(H,34,36)(H,38,39). The second kappa shape index (κ2) is 13.1. The molecule has 0 radical (unpaired) electrons. The average molecular weight is 540 g/mol. The second-order valence-electron chi connectivity index (χ2n) is 10.3. The minimum atomic E-state index is -1.18. The monoisotopic (exact) mass is 539 g/mol. The molecule has 0 aliphatic rings. The van der Waals surface area contributed by atoms with Crippen LogP contribution in [-0.2, 0) is 32.0 Å². The summed E-state index contributed by atoms with van der Waals surface area (Å²) in [4.78, 5) is 61.0. The molecule has 0 saturated carbocycles. The molecular formula is C27H37N7O5. The number of carboxylic acid groups (broad SMARTS) is 1. The number of hydrogen-bond donors (Lipinski definition) is 7. The maximum Gasteiger partial charge on any atom is 0.326 e. The number of nitrogens with two attached hydrogens (primary N) is 1. The summed E-state index contributed by atoms with van der Waals surface area (Å²) in [5.74, 6) is -3.64. The lowest BCUT2D eigenvalue weighted by atomic mass is 10.00. The number of hydrogen-bond acceptors (Lipinski definition) is 6. The Morgan fingerprint density at radius 1 is 0.897 bits per heavy atom. The molecule has 0 saturated heterocycles. The number of benzene rings is 1. The molecule has 8 N–H and O–H groups in total. The van der Waals surface area contributed by atoms with Crippen LogP contribution in [0, 0.1) is 11.8 Å². The Balaban J connectivity index is 1.71. The first kappa shape index (κ1) is 29.4. The van der Waals surface area contributed by atoms with E-state index in [1.165, 1.54) is 12.5 Å². The Labute approximate surface area is 226 Å². The largest absolute Gasteiger partial charge is 0.480 e. The third kappa shape index (κ3) is 7.66. The summed E-state index contributed by atoms with van der Waals surface area (Å²) in [7, 11) is 0. The molecular weight excluding hydrogens is 502 g/mol. The predicted octanol–water partition coefficient (Wildman–Crippen LogP) is 0.855. The van der Waals surface area contributed by atoms with Gasteiger partial charge in [-0.2, -0.15) is 0 Å². The molecule has 210 valence electrons. The Bertz CT molecular complexity index is 1280. The third-order valence-electron chi connectivity index (χ3n) is 6.54. The molecule has 0 spiro atoms. The van der Waals surface area contributed by atoms with Gasteiger partial charge in [0.25, 0.3) is 0 Å². The first-order valence-corrected chi connectivity index (χ1v) is 12.9. The first-order valence-electron chi connectivity index (χ1n) is 12.9. The van der Waals surface area contributed by atoms with Gasteiger partial charge in [0.05, 0.1) is 12.4 Å². The average Bonchev–Trinajstić information content (AvgIpc) is 3.54. The van der Waals surface area contributed by atoms with Crippen molar-refractivity contribution in [3.8, 4) is 0 Å². The first-order chi connectivity index (χ1) is 18.5. The zero-order valence-electron chi connectivity index (χ0n) is 22.5. The van der Waals surface area contributed by atoms with Crippen LogP contribution in [-0.4, -0.2) is 67.9 Å². The highest BCUT2D eigenvalue weighted by molar-refractivity contribution is 5.94. The molecule has 0 aliphatic heterocycles. The van der Waals surface area contributed by atoms with Gasteiger partial charge in [-0.05, 0) is 29.9 Å². The van der Waals surface area contributed by atoms with Crippen molar-refractivity contribution in [2.24, 2.45) is 17.6 Å². The van der Waals surface area contributed by atoms with E-state index >= 15 is 0 Å². The van der Waals surface area contributed by atoms with E-state index < -0.39 is 47.9 Å². The maximum absolute atomic E-state index is 13.3. The molecule has 0 fully saturated rings. The quantitative estimate of drug-likeness (QED) is 0.167. The molecule has 3 amide bonds. The van der Waals surface area contributed by atoms with Crippen LogP contribution >= 0.6 is 0 Å². The van der Waals surface area contributed by atoms with Gasteiger partial charge in [0.1, 0.15) is 18.1 Å². The molecule has 12 nitrogen and oxygen atoms in total. The van der Waals surface area contributed by atoms with Crippen LogP contribution in [0.3, 0.4) is 0 Å². The molecule has 2 heterocycles. The lowest BCUT2D eigenvalue weighted by Crippen LogP contribution is -2.59. The van der Waals surface area contributed by atoms with E-state index in [2.05, 4.69) is 30.9 Å². The van der Waals surface area contributed by atoms with Crippen LogP contribution < -0.4 is 21.7 Å². The van der Waals surface area contributed by atoms with Gasteiger partial charge in [0.2, 0.25) is 17.7 Å². The van der Waals surface area contributed by atoms with E-state index in [-0.39, 0.29) is 24.7 Å². The summed E-state index contributed by atoms with van der Waals surface area (Å²) in [6.45, 7) is 6.87. The number of H-pyrrole nitrogens is 2. The number of aromatic nitrogens is 3. The van der Waals surface area contributed by atoms with Crippen molar-refractivity contribution in [3.63, 3.8) is 0 Å². The SMILES string of the molecule is CC(C)C(NC(=O)C(Cc1cnc[nH]1)NC(=O)C(NC(=O)C(N)Cc1c[nH]c2ccccc12)C(C)C)C(=O)O. The van der Waals surface area contributed by atoms with Gasteiger partial charge in [-0.3, -0.25) is 14.4 Å². The highest BCUT2D eigenvalue weighted by Gasteiger charge is 2.33. The topological polar surface area (TPSA) is 195 Å². The Morgan fingerprint density at radius 2 is 1.56 bits per heavy atom. The molecule has 4 unspecified atom stereocenters. The van der Waals surface area contributed by atoms with Crippen LogP contribution in [0.25, 0.3) is 10.9 Å². The Hall–Kier alpha value is -4.19. The highest BCUT2D eigenvalue weighted by Crippen LogP contribution is 2.19. The molecule has 3 rings (SSSR count). The number of imidazole rings is 1.